The van der Waals surface area contributed by atoms with Crippen LogP contribution >= 0.6 is 0 Å². The number of hydrogen-bond donors (Lipinski definition) is 2. The number of hydrogen-bond acceptors (Lipinski definition) is 5. The lowest BCUT2D eigenvalue weighted by Gasteiger charge is -2.15. The van der Waals surface area contributed by atoms with Crippen molar-refractivity contribution < 1.29 is 14.2 Å². The number of nitrogens with two attached hydrogens (primary N) is 2. The fraction of sp³-hybridized carbons (Fsp3) is 1.00. The van der Waals surface area contributed by atoms with Crippen LogP contribution < -0.4 is 11.5 Å². The Morgan fingerprint density at radius 2 is 1.14 bits per heavy atom. The molecule has 5 nitrogen and oxygen atoms in total. The Bertz CT molecular complexity index is 179. The maximum Gasteiger partial charge on any atom is 0.0781 e. The Balaban J connectivity index is -0.000000482. The lowest BCUT2D eigenvalue weighted by Crippen LogP contribution is -2.27. The minimum absolute atomic E-state index is 0. The van der Waals surface area contributed by atoms with Gasteiger partial charge >= 0.3 is 0 Å². The first-order valence-electron chi connectivity index (χ1n) is 6.80. The topological polar surface area (TPSA) is 79.7 Å². The highest BCUT2D eigenvalue weighted by atomic mass is 16.5. The van der Waals surface area contributed by atoms with Crippen LogP contribution in [0.3, 0.4) is 0 Å². The molecule has 0 rings (SSSR count). The van der Waals surface area contributed by atoms with Crippen LogP contribution in [0.2, 0.25) is 0 Å². The molecule has 0 bridgehead atoms. The molecule has 0 aliphatic carbocycles. The summed E-state index contributed by atoms with van der Waals surface area (Å²) in [5.41, 5.74) is 11.2. The summed E-state index contributed by atoms with van der Waals surface area (Å²) in [4.78, 5) is 0. The van der Waals surface area contributed by atoms with Gasteiger partial charge in [0.1, 0.15) is 0 Å². The van der Waals surface area contributed by atoms with Gasteiger partial charge in [0.2, 0.25) is 0 Å². The summed E-state index contributed by atoms with van der Waals surface area (Å²) in [6.07, 6.45) is 2.10. The van der Waals surface area contributed by atoms with Crippen molar-refractivity contribution in [3.8, 4) is 0 Å². The molecule has 3 unspecified atom stereocenters. The van der Waals surface area contributed by atoms with Gasteiger partial charge in [-0.1, -0.05) is 22.3 Å². The molecule has 0 saturated heterocycles. The first-order chi connectivity index (χ1) is 8.52. The van der Waals surface area contributed by atoms with E-state index in [1.165, 1.54) is 0 Å². The van der Waals surface area contributed by atoms with Crippen LogP contribution in [-0.2, 0) is 14.2 Å². The standard InChI is InChI=1S/C13H30N2O3.3CH4/c1-11(14)8-16-6-4-5-7-17-10-13(3)18-9-12(2)15;;;/h11-13H,4-10,14-15H2,1-3H3;3*1H4. The Hall–Kier alpha value is -0.200. The summed E-state index contributed by atoms with van der Waals surface area (Å²) in [7, 11) is 0. The zero-order chi connectivity index (χ0) is 13.8. The van der Waals surface area contributed by atoms with Gasteiger partial charge in [-0.25, -0.2) is 0 Å². The molecule has 0 saturated carbocycles. The first kappa shape index (κ1) is 28.9. The van der Waals surface area contributed by atoms with Crippen LogP contribution in [0.25, 0.3) is 0 Å². The summed E-state index contributed by atoms with van der Waals surface area (Å²) in [6.45, 7) is 9.18. The summed E-state index contributed by atoms with van der Waals surface area (Å²) in [6, 6.07) is 0.193. The fourth-order valence-corrected chi connectivity index (χ4v) is 1.29. The summed E-state index contributed by atoms with van der Waals surface area (Å²) >= 11 is 0. The largest absolute Gasteiger partial charge is 0.380 e. The van der Waals surface area contributed by atoms with Crippen LogP contribution in [0, 0.1) is 0 Å². The van der Waals surface area contributed by atoms with Gasteiger partial charge in [0.15, 0.2) is 0 Å². The molecule has 0 heterocycles. The molecule has 0 radical (unpaired) electrons. The van der Waals surface area contributed by atoms with Crippen molar-refractivity contribution in [2.75, 3.05) is 33.0 Å². The monoisotopic (exact) mass is 310 g/mol. The maximum absolute atomic E-state index is 5.60. The Kier molecular flexibility index (Phi) is 27.2. The molecule has 0 fully saturated rings. The van der Waals surface area contributed by atoms with Crippen LogP contribution in [0.5, 0.6) is 0 Å². The SMILES string of the molecule is C.C.C.CC(N)COCCCCOCC(C)OCC(C)N. The number of ether oxygens (including phenoxy) is 3. The molecule has 3 atom stereocenters. The molecular formula is C16H42N2O3. The van der Waals surface area contributed by atoms with Crippen molar-refractivity contribution in [2.45, 2.75) is 74.1 Å². The van der Waals surface area contributed by atoms with Crippen molar-refractivity contribution in [1.29, 1.82) is 0 Å². The van der Waals surface area contributed by atoms with Crippen molar-refractivity contribution in [3.05, 3.63) is 0 Å². The highest BCUT2D eigenvalue weighted by molar-refractivity contribution is 4.54. The minimum Gasteiger partial charge on any atom is -0.380 e. The smallest absolute Gasteiger partial charge is 0.0781 e. The predicted molar refractivity (Wildman–Crippen MR) is 93.8 cm³/mol. The first-order valence-corrected chi connectivity index (χ1v) is 6.80. The van der Waals surface area contributed by atoms with Gasteiger partial charge < -0.3 is 25.7 Å². The molecule has 0 aromatic rings. The lowest BCUT2D eigenvalue weighted by molar-refractivity contribution is -0.0118. The van der Waals surface area contributed by atoms with Crippen LogP contribution in [0.1, 0.15) is 55.9 Å². The third-order valence-electron chi connectivity index (χ3n) is 2.20. The third-order valence-corrected chi connectivity index (χ3v) is 2.20. The highest BCUT2D eigenvalue weighted by Crippen LogP contribution is 1.96. The Morgan fingerprint density at radius 1 is 0.714 bits per heavy atom. The van der Waals surface area contributed by atoms with Crippen molar-refractivity contribution in [2.24, 2.45) is 11.5 Å². The molecule has 5 heteroatoms. The quantitative estimate of drug-likeness (QED) is 0.542. The van der Waals surface area contributed by atoms with Crippen molar-refractivity contribution >= 4 is 0 Å². The predicted octanol–water partition coefficient (Wildman–Crippen LogP) is 2.81. The Morgan fingerprint density at radius 3 is 1.57 bits per heavy atom. The molecule has 21 heavy (non-hydrogen) atoms. The van der Waals surface area contributed by atoms with Gasteiger partial charge in [-0.15, -0.1) is 0 Å². The van der Waals surface area contributed by atoms with Gasteiger partial charge in [-0.05, 0) is 33.6 Å². The highest BCUT2D eigenvalue weighted by Gasteiger charge is 2.03. The van der Waals surface area contributed by atoms with Crippen molar-refractivity contribution in [1.82, 2.24) is 0 Å². The van der Waals surface area contributed by atoms with E-state index in [9.17, 15) is 0 Å². The second-order valence-electron chi connectivity index (χ2n) is 4.96. The van der Waals surface area contributed by atoms with E-state index in [2.05, 4.69) is 0 Å². The van der Waals surface area contributed by atoms with Crippen molar-refractivity contribution in [3.63, 3.8) is 0 Å². The minimum atomic E-state index is 0. The Labute approximate surface area is 133 Å². The van der Waals surface area contributed by atoms with Gasteiger partial charge in [0.05, 0.1) is 25.9 Å². The molecule has 0 aliphatic heterocycles. The molecule has 4 N–H and O–H groups in total. The molecule has 0 aromatic heterocycles. The summed E-state index contributed by atoms with van der Waals surface area (Å²) in [5, 5.41) is 0. The lowest BCUT2D eigenvalue weighted by atomic mass is 10.3. The van der Waals surface area contributed by atoms with E-state index < -0.39 is 0 Å². The zero-order valence-electron chi connectivity index (χ0n) is 12.1. The van der Waals surface area contributed by atoms with Gasteiger partial charge in [0, 0.05) is 25.3 Å². The van der Waals surface area contributed by atoms with E-state index >= 15 is 0 Å². The number of rotatable bonds is 12. The maximum atomic E-state index is 5.60. The summed E-state index contributed by atoms with van der Waals surface area (Å²) < 4.78 is 16.4. The van der Waals surface area contributed by atoms with Gasteiger partial charge in [-0.3, -0.25) is 0 Å². The van der Waals surface area contributed by atoms with E-state index in [1.807, 2.05) is 20.8 Å². The average molecular weight is 311 g/mol. The molecule has 0 aromatic carbocycles. The zero-order valence-corrected chi connectivity index (χ0v) is 12.1. The van der Waals surface area contributed by atoms with E-state index in [4.69, 9.17) is 25.7 Å². The van der Waals surface area contributed by atoms with Crippen LogP contribution in [0.4, 0.5) is 0 Å². The second kappa shape index (κ2) is 19.8. The van der Waals surface area contributed by atoms with Crippen LogP contribution in [-0.4, -0.2) is 51.2 Å². The third kappa shape index (κ3) is 25.1. The normalized spacial score (nSPS) is 14.1. The van der Waals surface area contributed by atoms with E-state index in [0.29, 0.717) is 19.8 Å². The molecule has 0 aliphatic rings. The fourth-order valence-electron chi connectivity index (χ4n) is 1.29. The van der Waals surface area contributed by atoms with Gasteiger partial charge in [0.25, 0.3) is 0 Å². The average Bonchev–Trinajstić information content (AvgIpc) is 2.29. The van der Waals surface area contributed by atoms with E-state index in [0.717, 1.165) is 26.1 Å². The molecule has 0 amide bonds. The molecule has 134 valence electrons. The van der Waals surface area contributed by atoms with Gasteiger partial charge in [-0.2, -0.15) is 0 Å². The van der Waals surface area contributed by atoms with E-state index in [-0.39, 0.29) is 40.5 Å². The number of unbranched alkanes of at least 4 members (excludes halogenated alkanes) is 1. The summed E-state index contributed by atoms with van der Waals surface area (Å²) in [5.74, 6) is 0. The second-order valence-corrected chi connectivity index (χ2v) is 4.96. The van der Waals surface area contributed by atoms with Crippen LogP contribution in [0.15, 0.2) is 0 Å². The molecular weight excluding hydrogens is 268 g/mol. The van der Waals surface area contributed by atoms with E-state index in [1.54, 1.807) is 0 Å². The molecule has 0 spiro atoms.